The summed E-state index contributed by atoms with van der Waals surface area (Å²) in [6.45, 7) is 3.26. The van der Waals surface area contributed by atoms with Gasteiger partial charge < -0.3 is 25.4 Å². The van der Waals surface area contributed by atoms with Gasteiger partial charge in [-0.3, -0.25) is 9.59 Å². The molecule has 2 saturated heterocycles. The van der Waals surface area contributed by atoms with E-state index in [1.165, 1.54) is 0 Å². The number of hydrogen-bond donors (Lipinski definition) is 2. The second-order valence-corrected chi connectivity index (χ2v) is 12.0. The fraction of sp³-hybridized carbons (Fsp3) is 0.394. The summed E-state index contributed by atoms with van der Waals surface area (Å²) in [4.78, 5) is 30.1. The number of hydrogen-bond acceptors (Lipinski definition) is 6. The smallest absolute Gasteiger partial charge is 0.228 e. The zero-order chi connectivity index (χ0) is 29.9. The number of primary amides is 1. The summed E-state index contributed by atoms with van der Waals surface area (Å²) >= 11 is 12.8. The number of piperidine rings is 1. The number of carbonyl (C=O) groups is 2. The van der Waals surface area contributed by atoms with Gasteiger partial charge in [-0.1, -0.05) is 65.7 Å². The number of nitrogens with two attached hydrogens (primary N) is 1. The van der Waals surface area contributed by atoms with Crippen LogP contribution in [0.25, 0.3) is 0 Å². The molecule has 42 heavy (non-hydrogen) atoms. The van der Waals surface area contributed by atoms with Gasteiger partial charge in [-0.15, -0.1) is 0 Å². The maximum absolute atomic E-state index is 14.3. The van der Waals surface area contributed by atoms with Crippen molar-refractivity contribution in [2.45, 2.75) is 24.2 Å². The number of carbonyl (C=O) groups excluding carboxylic acids is 2. The third-order valence-electron chi connectivity index (χ3n) is 9.07. The lowest BCUT2D eigenvalue weighted by atomic mass is 9.63. The van der Waals surface area contributed by atoms with E-state index in [4.69, 9.17) is 38.4 Å². The lowest BCUT2D eigenvalue weighted by molar-refractivity contribution is -0.126. The van der Waals surface area contributed by atoms with E-state index in [0.717, 1.165) is 30.6 Å². The highest BCUT2D eigenvalue weighted by molar-refractivity contribution is 6.42. The Morgan fingerprint density at radius 3 is 2.33 bits per heavy atom. The van der Waals surface area contributed by atoms with Crippen molar-refractivity contribution in [3.8, 4) is 11.5 Å². The van der Waals surface area contributed by atoms with Crippen LogP contribution in [0.3, 0.4) is 0 Å². The van der Waals surface area contributed by atoms with Gasteiger partial charge in [0.25, 0.3) is 0 Å². The number of ether oxygens (including phenoxy) is 2. The van der Waals surface area contributed by atoms with E-state index in [0.29, 0.717) is 53.2 Å². The molecule has 0 aromatic heterocycles. The average molecular weight is 611 g/mol. The number of nitrogens with zero attached hydrogens (tertiary/aromatic N) is 1. The van der Waals surface area contributed by atoms with E-state index in [2.05, 4.69) is 10.2 Å². The third-order valence-corrected chi connectivity index (χ3v) is 9.81. The summed E-state index contributed by atoms with van der Waals surface area (Å²) in [7, 11) is 3.13. The van der Waals surface area contributed by atoms with Crippen LogP contribution in [0.2, 0.25) is 10.0 Å². The van der Waals surface area contributed by atoms with Crippen molar-refractivity contribution in [1.29, 1.82) is 0 Å². The number of amides is 1. The molecule has 1 amide bonds. The number of nitrogens with one attached hydrogen (secondary N) is 1. The van der Waals surface area contributed by atoms with Crippen molar-refractivity contribution >= 4 is 34.9 Å². The molecule has 0 aliphatic carbocycles. The van der Waals surface area contributed by atoms with E-state index in [-0.39, 0.29) is 29.4 Å². The maximum atomic E-state index is 14.3. The quantitative estimate of drug-likeness (QED) is 0.302. The highest BCUT2D eigenvalue weighted by Crippen LogP contribution is 2.47. The van der Waals surface area contributed by atoms with Crippen LogP contribution in [0.4, 0.5) is 0 Å². The number of likely N-dealkylation sites (tertiary alicyclic amines) is 1. The molecule has 2 aliphatic heterocycles. The van der Waals surface area contributed by atoms with Gasteiger partial charge >= 0.3 is 0 Å². The molecular weight excluding hydrogens is 573 g/mol. The summed E-state index contributed by atoms with van der Waals surface area (Å²) in [5.41, 5.74) is 7.53. The largest absolute Gasteiger partial charge is 0.496 e. The molecule has 222 valence electrons. The molecule has 5 rings (SSSR count). The first-order valence-electron chi connectivity index (χ1n) is 14.3. The van der Waals surface area contributed by atoms with Crippen LogP contribution in [0.1, 0.15) is 40.2 Å². The molecule has 2 fully saturated rings. The zero-order valence-corrected chi connectivity index (χ0v) is 25.5. The number of benzene rings is 3. The Labute approximate surface area is 257 Å². The van der Waals surface area contributed by atoms with Crippen LogP contribution in [-0.4, -0.2) is 63.5 Å². The zero-order valence-electron chi connectivity index (χ0n) is 23.9. The summed E-state index contributed by atoms with van der Waals surface area (Å²) in [5.74, 6) is 0.151. The number of ketones is 1. The number of rotatable bonds is 10. The van der Waals surface area contributed by atoms with Gasteiger partial charge in [-0.2, -0.15) is 0 Å². The molecule has 0 saturated carbocycles. The molecule has 4 unspecified atom stereocenters. The number of methoxy groups -OCH3 is 2. The Kier molecular flexibility index (Phi) is 9.43. The second-order valence-electron chi connectivity index (χ2n) is 11.2. The molecular formula is C33H37Cl2N3O4. The van der Waals surface area contributed by atoms with E-state index in [9.17, 15) is 9.59 Å². The Morgan fingerprint density at radius 1 is 1.02 bits per heavy atom. The first kappa shape index (κ1) is 30.4. The maximum Gasteiger partial charge on any atom is 0.228 e. The minimum atomic E-state index is -0.949. The third kappa shape index (κ3) is 5.76. The molecule has 9 heteroatoms. The molecule has 2 heterocycles. The lowest BCUT2D eigenvalue weighted by Crippen LogP contribution is -2.56. The molecule has 3 aromatic carbocycles. The van der Waals surface area contributed by atoms with Crippen molar-refractivity contribution < 1.29 is 19.1 Å². The van der Waals surface area contributed by atoms with E-state index >= 15 is 0 Å². The van der Waals surface area contributed by atoms with Gasteiger partial charge in [0.1, 0.15) is 17.1 Å². The first-order chi connectivity index (χ1) is 20.3. The predicted octanol–water partition coefficient (Wildman–Crippen LogP) is 5.33. The number of halogens is 2. The molecule has 3 N–H and O–H groups in total. The van der Waals surface area contributed by atoms with Gasteiger partial charge in [-0.25, -0.2) is 0 Å². The summed E-state index contributed by atoms with van der Waals surface area (Å²) in [6.07, 6.45) is 1.40. The van der Waals surface area contributed by atoms with Gasteiger partial charge in [0, 0.05) is 24.9 Å². The number of Topliss-reactive ketones (excluding diaryl/α,β-unsaturated/α-hetero) is 1. The average Bonchev–Trinajstić information content (AvgIpc) is 3.55. The van der Waals surface area contributed by atoms with Gasteiger partial charge in [0.05, 0.1) is 29.7 Å². The van der Waals surface area contributed by atoms with E-state index < -0.39 is 5.41 Å². The Hall–Kier alpha value is -3.10. The highest BCUT2D eigenvalue weighted by Gasteiger charge is 2.50. The fourth-order valence-corrected chi connectivity index (χ4v) is 7.15. The topological polar surface area (TPSA) is 93.9 Å². The Morgan fingerprint density at radius 2 is 1.74 bits per heavy atom. The SMILES string of the molecule is COc1cccc(OC)c1C(=O)C(CN1CCC(C(N)=O)(c2ccccc2)C(c2ccc(Cl)c(Cl)c2)C1)C1CCNC1. The van der Waals surface area contributed by atoms with Crippen LogP contribution >= 0.6 is 23.2 Å². The minimum Gasteiger partial charge on any atom is -0.496 e. The van der Waals surface area contributed by atoms with Crippen LogP contribution in [0.5, 0.6) is 11.5 Å². The van der Waals surface area contributed by atoms with Crippen molar-refractivity contribution in [3.05, 3.63) is 93.5 Å². The molecule has 4 atom stereocenters. The van der Waals surface area contributed by atoms with Crippen molar-refractivity contribution in [1.82, 2.24) is 10.2 Å². The molecule has 2 aliphatic rings. The Balaban J connectivity index is 1.53. The fourth-order valence-electron chi connectivity index (χ4n) is 6.84. The van der Waals surface area contributed by atoms with Crippen molar-refractivity contribution in [2.24, 2.45) is 17.6 Å². The Bertz CT molecular complexity index is 1410. The minimum absolute atomic E-state index is 0.00103. The molecule has 0 bridgehead atoms. The first-order valence-corrected chi connectivity index (χ1v) is 15.0. The predicted molar refractivity (Wildman–Crippen MR) is 166 cm³/mol. The summed E-state index contributed by atoms with van der Waals surface area (Å²) < 4.78 is 11.2. The monoisotopic (exact) mass is 609 g/mol. The van der Waals surface area contributed by atoms with Gasteiger partial charge in [0.15, 0.2) is 5.78 Å². The summed E-state index contributed by atoms with van der Waals surface area (Å²) in [5, 5.41) is 4.30. The van der Waals surface area contributed by atoms with E-state index in [1.807, 2.05) is 48.5 Å². The standard InChI is InChI=1S/C33H37Cl2N3O4/c1-41-28-9-6-10-29(42-2)30(28)31(39)24(22-13-15-37-18-22)19-38-16-14-33(32(36)40,23-7-4-3-5-8-23)25(20-38)21-11-12-26(34)27(35)17-21/h3-12,17,22,24-25,37H,13-16,18-20H2,1-2H3,(H2,36,40). The molecule has 3 aromatic rings. The van der Waals surface area contributed by atoms with Crippen molar-refractivity contribution in [3.63, 3.8) is 0 Å². The normalized spacial score (nSPS) is 23.3. The summed E-state index contributed by atoms with van der Waals surface area (Å²) in [6, 6.07) is 20.7. The highest BCUT2D eigenvalue weighted by atomic mass is 35.5. The van der Waals surface area contributed by atoms with Crippen LogP contribution in [-0.2, 0) is 10.2 Å². The van der Waals surface area contributed by atoms with E-state index in [1.54, 1.807) is 32.4 Å². The van der Waals surface area contributed by atoms with Gasteiger partial charge in [0.2, 0.25) is 5.91 Å². The van der Waals surface area contributed by atoms with Crippen LogP contribution in [0.15, 0.2) is 66.7 Å². The molecule has 7 nitrogen and oxygen atoms in total. The molecule has 0 radical (unpaired) electrons. The van der Waals surface area contributed by atoms with Crippen LogP contribution < -0.4 is 20.5 Å². The van der Waals surface area contributed by atoms with Crippen molar-refractivity contribution in [2.75, 3.05) is 46.9 Å². The second kappa shape index (κ2) is 13.0. The van der Waals surface area contributed by atoms with Crippen LogP contribution in [0, 0.1) is 11.8 Å². The molecule has 0 spiro atoms. The van der Waals surface area contributed by atoms with Gasteiger partial charge in [-0.05, 0) is 73.8 Å². The lowest BCUT2D eigenvalue weighted by Gasteiger charge is -2.47.